The number of benzene rings is 5. The zero-order valence-electron chi connectivity index (χ0n) is 34.8. The molecule has 1 heterocycles. The molecule has 1 fully saturated rings. The summed E-state index contributed by atoms with van der Waals surface area (Å²) < 4.78 is 71.4. The van der Waals surface area contributed by atoms with Crippen LogP contribution in [0.25, 0.3) is 22.4 Å². The lowest BCUT2D eigenvalue weighted by atomic mass is 9.71. The highest BCUT2D eigenvalue weighted by Gasteiger charge is 2.34. The SMILES string of the molecule is CC1CC(OC(=O)c2ccccc2O)CC(C)(C)C1.COS(=O)(=O)O.COc1ccc(C(=O)c2ccccc2)c(O)c1.N.O=S(=O)(O)c1ccc2nc(-c3ccccc3)[nH]c2c1. The van der Waals surface area contributed by atoms with Crippen molar-refractivity contribution in [3.05, 3.63) is 138 Å². The fourth-order valence-electron chi connectivity index (χ4n) is 6.67. The number of ether oxygens (including phenoxy) is 2. The molecule has 6 aromatic rings. The molecule has 0 bridgehead atoms. The lowest BCUT2D eigenvalue weighted by Gasteiger charge is -2.38. The van der Waals surface area contributed by atoms with Gasteiger partial charge in [0.2, 0.25) is 0 Å². The number of aromatic nitrogens is 2. The summed E-state index contributed by atoms with van der Waals surface area (Å²) in [7, 11) is -5.98. The zero-order chi connectivity index (χ0) is 45.0. The van der Waals surface area contributed by atoms with Gasteiger partial charge >= 0.3 is 16.4 Å². The lowest BCUT2D eigenvalue weighted by Crippen LogP contribution is -2.34. The highest BCUT2D eigenvalue weighted by molar-refractivity contribution is 7.85. The van der Waals surface area contributed by atoms with Crippen LogP contribution in [-0.4, -0.2) is 78.2 Å². The Labute approximate surface area is 360 Å². The molecule has 2 atom stereocenters. The number of nitrogens with one attached hydrogen (secondary N) is 1. The van der Waals surface area contributed by atoms with Gasteiger partial charge in [-0.05, 0) is 73.1 Å². The summed E-state index contributed by atoms with van der Waals surface area (Å²) in [6, 6.07) is 33.7. The number of aromatic hydroxyl groups is 2. The molecule has 0 aliphatic heterocycles. The maximum absolute atomic E-state index is 12.1. The van der Waals surface area contributed by atoms with E-state index >= 15 is 0 Å². The molecule has 1 aliphatic rings. The molecule has 16 nitrogen and oxygen atoms in total. The van der Waals surface area contributed by atoms with Crippen molar-refractivity contribution < 1.29 is 59.4 Å². The minimum Gasteiger partial charge on any atom is -0.507 e. The largest absolute Gasteiger partial charge is 0.507 e. The summed E-state index contributed by atoms with van der Waals surface area (Å²) in [5.41, 5.74) is 3.40. The maximum atomic E-state index is 12.1. The highest BCUT2D eigenvalue weighted by atomic mass is 32.3. The van der Waals surface area contributed by atoms with Crippen molar-refractivity contribution in [3.63, 3.8) is 0 Å². The number of H-pyrrole nitrogens is 1. The van der Waals surface area contributed by atoms with Gasteiger partial charge in [0.05, 0.1) is 35.7 Å². The normalized spacial score (nSPS) is 15.4. The van der Waals surface area contributed by atoms with E-state index in [9.17, 15) is 36.6 Å². The molecule has 0 amide bonds. The van der Waals surface area contributed by atoms with Crippen molar-refractivity contribution in [1.29, 1.82) is 0 Å². The summed E-state index contributed by atoms with van der Waals surface area (Å²) in [6.07, 6.45) is 2.91. The molecule has 0 spiro atoms. The second kappa shape index (κ2) is 22.1. The molecule has 1 aromatic heterocycles. The van der Waals surface area contributed by atoms with Crippen molar-refractivity contribution in [2.45, 2.75) is 51.0 Å². The van der Waals surface area contributed by atoms with Crippen LogP contribution < -0.4 is 10.9 Å². The number of methoxy groups -OCH3 is 1. The number of nitrogens with zero attached hydrogens (tertiary/aromatic N) is 1. The van der Waals surface area contributed by atoms with Gasteiger partial charge in [-0.3, -0.25) is 18.1 Å². The van der Waals surface area contributed by atoms with Crippen LogP contribution in [0.2, 0.25) is 0 Å². The van der Waals surface area contributed by atoms with Gasteiger partial charge in [-0.15, -0.1) is 0 Å². The molecule has 62 heavy (non-hydrogen) atoms. The number of esters is 1. The third-order valence-electron chi connectivity index (χ3n) is 9.24. The first-order valence-corrected chi connectivity index (χ1v) is 21.5. The van der Waals surface area contributed by atoms with Crippen LogP contribution in [0.1, 0.15) is 66.3 Å². The average molecular weight is 894 g/mol. The van der Waals surface area contributed by atoms with E-state index in [4.69, 9.17) is 18.6 Å². The van der Waals surface area contributed by atoms with E-state index in [2.05, 4.69) is 34.9 Å². The number of rotatable bonds is 8. The number of phenols is 2. The Kier molecular flexibility index (Phi) is 17.9. The van der Waals surface area contributed by atoms with Crippen molar-refractivity contribution in [3.8, 4) is 28.6 Å². The van der Waals surface area contributed by atoms with Crippen LogP contribution in [0.5, 0.6) is 17.2 Å². The van der Waals surface area contributed by atoms with Crippen molar-refractivity contribution >= 4 is 43.3 Å². The maximum Gasteiger partial charge on any atom is 0.397 e. The molecule has 18 heteroatoms. The summed E-state index contributed by atoms with van der Waals surface area (Å²) in [5, 5.41) is 19.4. The van der Waals surface area contributed by atoms with Gasteiger partial charge in [0, 0.05) is 17.2 Å². The van der Waals surface area contributed by atoms with Crippen molar-refractivity contribution in [2.75, 3.05) is 14.2 Å². The Hall–Kier alpha value is -6.15. The smallest absolute Gasteiger partial charge is 0.397 e. The van der Waals surface area contributed by atoms with E-state index in [-0.39, 0.29) is 51.0 Å². The fraction of sp³-hybridized carbons (Fsp3) is 0.250. The summed E-state index contributed by atoms with van der Waals surface area (Å²) in [5.74, 6) is 1.02. The standard InChI is InChI=1S/C16H22O3.C14H12O3.C13H10N2O3S.CH4O4S.H3N/c1-11-8-12(10-16(2,3)9-11)19-15(18)13-6-4-5-7-14(13)17;1-17-11-7-8-12(13(15)9-11)14(16)10-5-3-2-4-6-10;16-19(17,18)10-6-7-11-12(8-10)15-13(14-11)9-4-2-1-3-5-9;1-5-6(2,3)4;/h4-7,11-12,17H,8-10H2,1-3H3;2-9,15H,1H3;1-8H,(H,14,15)(H,16,17,18);1H3,(H,2,3,4);1H3. The van der Waals surface area contributed by atoms with Gasteiger partial charge < -0.3 is 30.8 Å². The Bertz CT molecular complexity index is 2640. The molecule has 1 aliphatic carbocycles. The first-order chi connectivity index (χ1) is 28.7. The van der Waals surface area contributed by atoms with Crippen molar-refractivity contribution in [2.24, 2.45) is 11.3 Å². The van der Waals surface area contributed by atoms with Crippen LogP contribution in [0.15, 0.2) is 126 Å². The summed E-state index contributed by atoms with van der Waals surface area (Å²) in [6.45, 7) is 6.62. The van der Waals surface area contributed by atoms with Gasteiger partial charge in [0.25, 0.3) is 10.1 Å². The Morgan fingerprint density at radius 2 is 1.35 bits per heavy atom. The monoisotopic (exact) mass is 893 g/mol. The molecular weight excluding hydrogens is 843 g/mol. The number of hydrogen-bond acceptors (Lipinski definition) is 13. The summed E-state index contributed by atoms with van der Waals surface area (Å²) in [4.78, 5) is 31.4. The molecule has 0 saturated heterocycles. The molecule has 2 unspecified atom stereocenters. The van der Waals surface area contributed by atoms with E-state index in [0.717, 1.165) is 31.9 Å². The first-order valence-electron chi connectivity index (χ1n) is 18.7. The Balaban J connectivity index is 0.000000231. The van der Waals surface area contributed by atoms with Crippen molar-refractivity contribution in [1.82, 2.24) is 16.1 Å². The van der Waals surface area contributed by atoms with E-state index < -0.39 is 26.5 Å². The van der Waals surface area contributed by atoms with E-state index in [0.29, 0.717) is 34.1 Å². The number of aromatic amines is 1. The number of hydrogen-bond donors (Lipinski definition) is 6. The molecule has 332 valence electrons. The minimum absolute atomic E-state index is 0. The average Bonchev–Trinajstić information content (AvgIpc) is 3.65. The lowest BCUT2D eigenvalue weighted by molar-refractivity contribution is -0.00737. The second-order valence-corrected chi connectivity index (χ2v) is 17.3. The predicted octanol–water partition coefficient (Wildman–Crippen LogP) is 8.47. The number of imidazole rings is 1. The summed E-state index contributed by atoms with van der Waals surface area (Å²) >= 11 is 0. The molecular formula is C44H51N3O13S2. The zero-order valence-corrected chi connectivity index (χ0v) is 36.4. The van der Waals surface area contributed by atoms with E-state index in [1.807, 2.05) is 36.4 Å². The molecule has 7 rings (SSSR count). The predicted molar refractivity (Wildman–Crippen MR) is 234 cm³/mol. The third-order valence-corrected chi connectivity index (χ3v) is 10.5. The fourth-order valence-corrected chi connectivity index (χ4v) is 7.17. The van der Waals surface area contributed by atoms with Gasteiger partial charge in [-0.1, -0.05) is 93.6 Å². The molecule has 8 N–H and O–H groups in total. The number of para-hydroxylation sites is 1. The number of carbonyl (C=O) groups is 2. The van der Waals surface area contributed by atoms with Crippen LogP contribution in [0, 0.1) is 11.3 Å². The van der Waals surface area contributed by atoms with Crippen LogP contribution >= 0.6 is 0 Å². The minimum atomic E-state index is -4.20. The number of phenolic OH excluding ortho intramolecular Hbond substituents is 2. The number of carbonyl (C=O) groups excluding carboxylic acids is 2. The molecule has 5 aromatic carbocycles. The van der Waals surface area contributed by atoms with Gasteiger partial charge in [0.15, 0.2) is 5.78 Å². The van der Waals surface area contributed by atoms with Crippen LogP contribution in [0.4, 0.5) is 0 Å². The van der Waals surface area contributed by atoms with Gasteiger partial charge in [0.1, 0.15) is 34.7 Å². The second-order valence-electron chi connectivity index (χ2n) is 14.7. The number of fused-ring (bicyclic) bond motifs is 1. The number of ketones is 1. The topological polar surface area (TPSA) is 275 Å². The first kappa shape index (κ1) is 50.2. The third kappa shape index (κ3) is 15.1. The van der Waals surface area contributed by atoms with Gasteiger partial charge in [-0.2, -0.15) is 16.8 Å². The highest BCUT2D eigenvalue weighted by Crippen LogP contribution is 2.40. The van der Waals surface area contributed by atoms with Crippen LogP contribution in [-0.2, 0) is 29.4 Å². The quantitative estimate of drug-likeness (QED) is 0.0475. The Morgan fingerprint density at radius 1 is 0.758 bits per heavy atom. The van der Waals surface area contributed by atoms with E-state index in [1.165, 1.54) is 31.4 Å². The van der Waals surface area contributed by atoms with E-state index in [1.54, 1.807) is 60.7 Å². The Morgan fingerprint density at radius 3 is 1.90 bits per heavy atom. The van der Waals surface area contributed by atoms with Crippen LogP contribution in [0.3, 0.4) is 0 Å². The molecule has 1 saturated carbocycles. The molecule has 0 radical (unpaired) electrons. The van der Waals surface area contributed by atoms with Gasteiger partial charge in [-0.25, -0.2) is 9.78 Å².